The largest absolute Gasteiger partial charge is 0.416 e. The maximum absolute atomic E-state index is 14.1. The van der Waals surface area contributed by atoms with Gasteiger partial charge < -0.3 is 0 Å². The van der Waals surface area contributed by atoms with Crippen LogP contribution in [-0.4, -0.2) is 10.2 Å². The predicted octanol–water partition coefficient (Wildman–Crippen LogP) is 3.83. The van der Waals surface area contributed by atoms with Crippen LogP contribution in [0.25, 0.3) is 22.3 Å². The van der Waals surface area contributed by atoms with E-state index in [4.69, 9.17) is 0 Å². The third-order valence-corrected chi connectivity index (χ3v) is 3.73. The zero-order chi connectivity index (χ0) is 19.9. The van der Waals surface area contributed by atoms with Gasteiger partial charge >= 0.3 is 6.18 Å². The van der Waals surface area contributed by atoms with Crippen molar-refractivity contribution in [2.75, 3.05) is 0 Å². The minimum atomic E-state index is -4.75. The second-order valence-corrected chi connectivity index (χ2v) is 5.48. The summed E-state index contributed by atoms with van der Waals surface area (Å²) < 4.78 is 80.3. The summed E-state index contributed by atoms with van der Waals surface area (Å²) in [6.07, 6.45) is -4.75. The number of aromatic amines is 2. The van der Waals surface area contributed by atoms with Gasteiger partial charge in [-0.1, -0.05) is 12.1 Å². The van der Waals surface area contributed by atoms with E-state index < -0.39 is 62.6 Å². The number of alkyl halides is 3. The number of nitrogens with one attached hydrogen (secondary N) is 2. The van der Waals surface area contributed by atoms with Crippen LogP contribution in [0, 0.1) is 17.5 Å². The maximum atomic E-state index is 14.1. The molecule has 27 heavy (non-hydrogen) atoms. The summed E-state index contributed by atoms with van der Waals surface area (Å²) in [6.45, 7) is 0. The first kappa shape index (κ1) is 18.5. The van der Waals surface area contributed by atoms with Gasteiger partial charge in [0.25, 0.3) is 11.1 Å². The average molecular weight is 386 g/mol. The minimum Gasteiger partial charge on any atom is -0.267 e. The van der Waals surface area contributed by atoms with Gasteiger partial charge in [0, 0.05) is 12.1 Å². The smallest absolute Gasteiger partial charge is 0.267 e. The van der Waals surface area contributed by atoms with Crippen molar-refractivity contribution in [2.45, 2.75) is 6.18 Å². The van der Waals surface area contributed by atoms with Crippen molar-refractivity contribution in [2.24, 2.45) is 0 Å². The van der Waals surface area contributed by atoms with E-state index in [9.17, 15) is 35.9 Å². The maximum Gasteiger partial charge on any atom is 0.416 e. The van der Waals surface area contributed by atoms with Gasteiger partial charge in [0.2, 0.25) is 0 Å². The molecule has 2 aromatic carbocycles. The quantitative estimate of drug-likeness (QED) is 0.658. The Hall–Kier alpha value is -3.30. The van der Waals surface area contributed by atoms with Crippen LogP contribution in [0.1, 0.15) is 5.56 Å². The highest BCUT2D eigenvalue weighted by atomic mass is 19.4. The summed E-state index contributed by atoms with van der Waals surface area (Å²) in [7, 11) is 0. The molecule has 0 saturated heterocycles. The number of halogens is 6. The molecule has 0 radical (unpaired) electrons. The van der Waals surface area contributed by atoms with Crippen LogP contribution >= 0.6 is 0 Å². The van der Waals surface area contributed by atoms with Crippen molar-refractivity contribution in [3.8, 4) is 22.3 Å². The number of H-pyrrole nitrogens is 2. The highest BCUT2D eigenvalue weighted by Crippen LogP contribution is 2.34. The molecular weight excluding hydrogens is 378 g/mol. The van der Waals surface area contributed by atoms with Crippen LogP contribution in [0.5, 0.6) is 0 Å². The molecule has 0 atom stereocenters. The lowest BCUT2D eigenvalue weighted by atomic mass is 9.95. The van der Waals surface area contributed by atoms with Crippen molar-refractivity contribution >= 4 is 0 Å². The van der Waals surface area contributed by atoms with E-state index in [1.807, 2.05) is 10.2 Å². The van der Waals surface area contributed by atoms with Gasteiger partial charge in [-0.3, -0.25) is 19.8 Å². The fourth-order valence-electron chi connectivity index (χ4n) is 2.61. The molecule has 3 rings (SSSR count). The zero-order valence-electron chi connectivity index (χ0n) is 13.0. The molecular formula is C17H8F6N2O2. The number of aromatic nitrogens is 2. The highest BCUT2D eigenvalue weighted by Gasteiger charge is 2.31. The molecule has 0 fully saturated rings. The topological polar surface area (TPSA) is 65.7 Å². The fourth-order valence-corrected chi connectivity index (χ4v) is 2.61. The molecule has 0 amide bonds. The Morgan fingerprint density at radius 2 is 1.30 bits per heavy atom. The molecule has 1 heterocycles. The highest BCUT2D eigenvalue weighted by molar-refractivity contribution is 5.82. The summed E-state index contributed by atoms with van der Waals surface area (Å²) in [6, 6.07) is 3.91. The molecule has 0 unspecified atom stereocenters. The van der Waals surface area contributed by atoms with Crippen LogP contribution in [0.2, 0.25) is 0 Å². The minimum absolute atomic E-state index is 0.287. The summed E-state index contributed by atoms with van der Waals surface area (Å²) in [5.74, 6) is -4.25. The molecule has 140 valence electrons. The Balaban J connectivity index is 2.40. The summed E-state index contributed by atoms with van der Waals surface area (Å²) >= 11 is 0. The molecule has 1 aromatic heterocycles. The van der Waals surface area contributed by atoms with Gasteiger partial charge in [-0.2, -0.15) is 13.2 Å². The summed E-state index contributed by atoms with van der Waals surface area (Å²) in [5.41, 5.74) is -6.36. The van der Waals surface area contributed by atoms with E-state index >= 15 is 0 Å². The van der Waals surface area contributed by atoms with E-state index in [2.05, 4.69) is 0 Å². The monoisotopic (exact) mass is 386 g/mol. The van der Waals surface area contributed by atoms with Crippen LogP contribution in [-0.2, 0) is 6.18 Å². The predicted molar refractivity (Wildman–Crippen MR) is 83.4 cm³/mol. The molecule has 10 heteroatoms. The Morgan fingerprint density at radius 3 is 1.85 bits per heavy atom. The third kappa shape index (κ3) is 3.37. The van der Waals surface area contributed by atoms with E-state index in [0.29, 0.717) is 6.07 Å². The van der Waals surface area contributed by atoms with Gasteiger partial charge in [0.1, 0.15) is 17.5 Å². The van der Waals surface area contributed by atoms with Gasteiger partial charge in [-0.25, -0.2) is 13.2 Å². The van der Waals surface area contributed by atoms with E-state index in [1.165, 1.54) is 0 Å². The lowest BCUT2D eigenvalue weighted by Crippen LogP contribution is -2.24. The van der Waals surface area contributed by atoms with E-state index in [0.717, 1.165) is 18.2 Å². The SMILES string of the molecule is O=c1[nH][nH]c(=O)c(-c2c(F)cc(F)cc2F)c1-c1cccc(C(F)(F)F)c1. The molecule has 2 N–H and O–H groups in total. The van der Waals surface area contributed by atoms with Gasteiger partial charge in [-0.15, -0.1) is 0 Å². The number of hydrogen-bond acceptors (Lipinski definition) is 2. The Kier molecular flexibility index (Phi) is 4.42. The molecule has 3 aromatic rings. The van der Waals surface area contributed by atoms with Crippen molar-refractivity contribution in [3.05, 3.63) is 80.1 Å². The van der Waals surface area contributed by atoms with Gasteiger partial charge in [-0.05, 0) is 17.7 Å². The first-order valence-corrected chi connectivity index (χ1v) is 7.27. The lowest BCUT2D eigenvalue weighted by Gasteiger charge is -2.12. The second kappa shape index (κ2) is 6.45. The standard InChI is InChI=1S/C17H8F6N2O2/c18-9-5-10(19)13(11(20)6-9)14-12(15(26)24-25-16(14)27)7-2-1-3-8(4-7)17(21,22)23/h1-6H,(H,24,26)(H,25,27). The van der Waals surface area contributed by atoms with Crippen molar-refractivity contribution in [3.63, 3.8) is 0 Å². The molecule has 0 aliphatic heterocycles. The van der Waals surface area contributed by atoms with Gasteiger partial charge in [0.05, 0.1) is 22.3 Å². The van der Waals surface area contributed by atoms with E-state index in [1.54, 1.807) is 0 Å². The Morgan fingerprint density at radius 1 is 0.741 bits per heavy atom. The molecule has 0 saturated carbocycles. The van der Waals surface area contributed by atoms with Crippen LogP contribution in [0.3, 0.4) is 0 Å². The summed E-state index contributed by atoms with van der Waals surface area (Å²) in [4.78, 5) is 24.4. The number of hydrogen-bond donors (Lipinski definition) is 2. The van der Waals surface area contributed by atoms with Crippen molar-refractivity contribution < 1.29 is 26.3 Å². The van der Waals surface area contributed by atoms with Crippen LogP contribution < -0.4 is 11.1 Å². The van der Waals surface area contributed by atoms with Crippen molar-refractivity contribution in [1.29, 1.82) is 0 Å². The lowest BCUT2D eigenvalue weighted by molar-refractivity contribution is -0.137. The zero-order valence-corrected chi connectivity index (χ0v) is 13.0. The second-order valence-electron chi connectivity index (χ2n) is 5.48. The summed E-state index contributed by atoms with van der Waals surface area (Å²) in [5, 5.41) is 3.74. The Bertz CT molecular complexity index is 1120. The van der Waals surface area contributed by atoms with Gasteiger partial charge in [0.15, 0.2) is 0 Å². The molecule has 0 aliphatic carbocycles. The van der Waals surface area contributed by atoms with E-state index in [-0.39, 0.29) is 12.1 Å². The normalized spacial score (nSPS) is 11.6. The number of rotatable bonds is 2. The Labute approximate surface area is 146 Å². The average Bonchev–Trinajstić information content (AvgIpc) is 2.56. The molecule has 4 nitrogen and oxygen atoms in total. The third-order valence-electron chi connectivity index (χ3n) is 3.73. The first-order valence-electron chi connectivity index (χ1n) is 7.27. The van der Waals surface area contributed by atoms with Crippen LogP contribution in [0.15, 0.2) is 46.0 Å². The molecule has 0 spiro atoms. The first-order chi connectivity index (χ1) is 12.6. The van der Waals surface area contributed by atoms with Crippen molar-refractivity contribution in [1.82, 2.24) is 10.2 Å². The fraction of sp³-hybridized carbons (Fsp3) is 0.0588. The van der Waals surface area contributed by atoms with Crippen LogP contribution in [0.4, 0.5) is 26.3 Å². The molecule has 0 bridgehead atoms. The molecule has 0 aliphatic rings. The number of benzene rings is 2.